The molecular weight excluding hydrogens is 566 g/mol. The summed E-state index contributed by atoms with van der Waals surface area (Å²) in [7, 11) is -3.65. The number of rotatable bonds is 15. The third-order valence-electron chi connectivity index (χ3n) is 6.66. The molecule has 1 aromatic heterocycles. The topological polar surface area (TPSA) is 135 Å². The molecule has 0 fully saturated rings. The van der Waals surface area contributed by atoms with Crippen LogP contribution in [0.1, 0.15) is 50.1 Å². The van der Waals surface area contributed by atoms with E-state index in [0.717, 1.165) is 5.56 Å². The van der Waals surface area contributed by atoms with Gasteiger partial charge in [0.25, 0.3) is 0 Å². The molecule has 3 N–H and O–H groups in total. The van der Waals surface area contributed by atoms with Gasteiger partial charge in [-0.25, -0.2) is 13.1 Å². The van der Waals surface area contributed by atoms with Crippen molar-refractivity contribution in [2.45, 2.75) is 44.6 Å². The minimum absolute atomic E-state index is 0.0948. The van der Waals surface area contributed by atoms with E-state index in [4.69, 9.17) is 16.3 Å². The summed E-state index contributed by atoms with van der Waals surface area (Å²) in [5, 5.41) is 12.9. The van der Waals surface area contributed by atoms with Crippen molar-refractivity contribution >= 4 is 51.3 Å². The van der Waals surface area contributed by atoms with Gasteiger partial charge >= 0.3 is 5.97 Å². The molecule has 3 rings (SSSR count). The molecule has 0 aliphatic rings. The van der Waals surface area contributed by atoms with E-state index in [-0.39, 0.29) is 37.0 Å². The number of aliphatic carboxylic acids is 1. The minimum atomic E-state index is -3.65. The number of benzene rings is 2. The monoisotopic (exact) mass is 599 g/mol. The van der Waals surface area contributed by atoms with Crippen LogP contribution in [-0.2, 0) is 31.0 Å². The van der Waals surface area contributed by atoms with E-state index in [2.05, 4.69) is 15.0 Å². The zero-order chi connectivity index (χ0) is 29.9. The van der Waals surface area contributed by atoms with Crippen LogP contribution in [-0.4, -0.2) is 43.5 Å². The Kier molecular flexibility index (Phi) is 11.6. The number of hydrogen-bond acceptors (Lipinski definition) is 6. The summed E-state index contributed by atoms with van der Waals surface area (Å²) in [5.41, 5.74) is 1.71. The largest absolute Gasteiger partial charge is 0.481 e. The fraction of sp³-hybridized carbons (Fsp3) is 0.300. The number of aromatic nitrogens is 1. The number of carboxylic acids is 1. The second-order valence-electron chi connectivity index (χ2n) is 9.43. The predicted molar refractivity (Wildman–Crippen MR) is 160 cm³/mol. The molecular formula is C30H34ClN3O6S. The van der Waals surface area contributed by atoms with Gasteiger partial charge in [-0.05, 0) is 73.0 Å². The van der Waals surface area contributed by atoms with Crippen molar-refractivity contribution in [3.63, 3.8) is 0 Å². The highest BCUT2D eigenvalue weighted by Crippen LogP contribution is 2.31. The summed E-state index contributed by atoms with van der Waals surface area (Å²) in [4.78, 5) is 29.0. The van der Waals surface area contributed by atoms with Gasteiger partial charge in [0.05, 0.1) is 34.9 Å². The van der Waals surface area contributed by atoms with Gasteiger partial charge in [0.2, 0.25) is 15.9 Å². The van der Waals surface area contributed by atoms with Crippen molar-refractivity contribution in [2.75, 3.05) is 18.5 Å². The number of carboxylic acid groups (broad SMARTS) is 1. The molecule has 41 heavy (non-hydrogen) atoms. The zero-order valence-electron chi connectivity index (χ0n) is 23.0. The van der Waals surface area contributed by atoms with E-state index in [1.54, 1.807) is 32.0 Å². The molecule has 0 atom stereocenters. The van der Waals surface area contributed by atoms with Gasteiger partial charge in [0.1, 0.15) is 0 Å². The summed E-state index contributed by atoms with van der Waals surface area (Å²) in [5.74, 6) is -1.31. The standard InChI is InChI=1S/C30H34ClN3O6S/c1-3-30(4-2,29(36)37)20-28(35)34-25-9-5-7-22(19-25)11-14-24-8-6-10-26(33-24)21-40-18-17-32-41(38,39)27-15-12-23(31)13-16-27/h5-16,19,32H,3-4,17-18,20-21H2,1-2H3,(H,34,35)(H,36,37)/b14-11+. The number of halogens is 1. The molecule has 1 amide bonds. The van der Waals surface area contributed by atoms with E-state index >= 15 is 0 Å². The van der Waals surface area contributed by atoms with Gasteiger partial charge in [-0.3, -0.25) is 14.6 Å². The minimum Gasteiger partial charge on any atom is -0.481 e. The average Bonchev–Trinajstić information content (AvgIpc) is 2.95. The van der Waals surface area contributed by atoms with Crippen LogP contribution in [0.5, 0.6) is 0 Å². The number of sulfonamides is 1. The highest BCUT2D eigenvalue weighted by atomic mass is 35.5. The van der Waals surface area contributed by atoms with Crippen LogP contribution >= 0.6 is 11.6 Å². The van der Waals surface area contributed by atoms with E-state index in [1.165, 1.54) is 24.3 Å². The lowest BCUT2D eigenvalue weighted by Gasteiger charge is -2.25. The van der Waals surface area contributed by atoms with Crippen molar-refractivity contribution < 1.29 is 27.9 Å². The first-order chi connectivity index (χ1) is 19.6. The van der Waals surface area contributed by atoms with E-state index in [1.807, 2.05) is 36.4 Å². The molecule has 0 aliphatic heterocycles. The predicted octanol–water partition coefficient (Wildman–Crippen LogP) is 5.62. The maximum Gasteiger partial charge on any atom is 0.310 e. The molecule has 0 bridgehead atoms. The quantitative estimate of drug-likeness (QED) is 0.193. The maximum absolute atomic E-state index is 12.6. The number of pyridine rings is 1. The van der Waals surface area contributed by atoms with Gasteiger partial charge in [0.15, 0.2) is 0 Å². The van der Waals surface area contributed by atoms with Gasteiger partial charge in [-0.1, -0.05) is 49.7 Å². The highest BCUT2D eigenvalue weighted by Gasteiger charge is 2.37. The van der Waals surface area contributed by atoms with Crippen LogP contribution in [0.4, 0.5) is 5.69 Å². The second kappa shape index (κ2) is 14.9. The lowest BCUT2D eigenvalue weighted by atomic mass is 9.79. The molecule has 0 radical (unpaired) electrons. The Morgan fingerprint density at radius 3 is 2.41 bits per heavy atom. The van der Waals surface area contributed by atoms with Gasteiger partial charge in [0, 0.05) is 23.7 Å². The van der Waals surface area contributed by atoms with Gasteiger partial charge in [-0.2, -0.15) is 0 Å². The maximum atomic E-state index is 12.6. The number of anilines is 1. The molecule has 0 aliphatic carbocycles. The molecule has 9 nitrogen and oxygen atoms in total. The molecule has 11 heteroatoms. The van der Waals surface area contributed by atoms with Crippen LogP contribution in [0.15, 0.2) is 71.6 Å². The Bertz CT molecular complexity index is 1470. The van der Waals surface area contributed by atoms with Crippen molar-refractivity contribution in [1.29, 1.82) is 0 Å². The van der Waals surface area contributed by atoms with E-state index in [0.29, 0.717) is 34.9 Å². The number of nitrogens with zero attached hydrogens (tertiary/aromatic N) is 1. The Labute approximate surface area is 245 Å². The third kappa shape index (κ3) is 9.50. The molecule has 3 aromatic rings. The third-order valence-corrected chi connectivity index (χ3v) is 8.39. The number of carbonyl (C=O) groups excluding carboxylic acids is 1. The Hall–Kier alpha value is -3.57. The summed E-state index contributed by atoms with van der Waals surface area (Å²) >= 11 is 5.81. The average molecular weight is 600 g/mol. The number of hydrogen-bond donors (Lipinski definition) is 3. The number of amides is 1. The van der Waals surface area contributed by atoms with Crippen LogP contribution < -0.4 is 10.0 Å². The van der Waals surface area contributed by atoms with Crippen molar-refractivity contribution in [1.82, 2.24) is 9.71 Å². The zero-order valence-corrected chi connectivity index (χ0v) is 24.5. The van der Waals surface area contributed by atoms with Crippen LogP contribution in [0.25, 0.3) is 12.2 Å². The highest BCUT2D eigenvalue weighted by molar-refractivity contribution is 7.89. The van der Waals surface area contributed by atoms with Crippen molar-refractivity contribution in [2.24, 2.45) is 5.41 Å². The summed E-state index contributed by atoms with van der Waals surface area (Å²) in [6.07, 6.45) is 4.33. The van der Waals surface area contributed by atoms with Gasteiger partial charge < -0.3 is 15.2 Å². The lowest BCUT2D eigenvalue weighted by molar-refractivity contribution is -0.151. The van der Waals surface area contributed by atoms with E-state index in [9.17, 15) is 23.1 Å². The molecule has 2 aromatic carbocycles. The smallest absolute Gasteiger partial charge is 0.310 e. The first-order valence-corrected chi connectivity index (χ1v) is 15.0. The Balaban J connectivity index is 1.51. The Morgan fingerprint density at radius 2 is 1.73 bits per heavy atom. The van der Waals surface area contributed by atoms with Crippen molar-refractivity contribution in [3.8, 4) is 0 Å². The Morgan fingerprint density at radius 1 is 1.02 bits per heavy atom. The summed E-state index contributed by atoms with van der Waals surface area (Å²) in [6, 6.07) is 18.6. The lowest BCUT2D eigenvalue weighted by Crippen LogP contribution is -2.34. The van der Waals surface area contributed by atoms with Crippen molar-refractivity contribution in [3.05, 3.63) is 88.7 Å². The fourth-order valence-corrected chi connectivity index (χ4v) is 5.22. The molecule has 0 saturated heterocycles. The fourth-order valence-electron chi connectivity index (χ4n) is 4.09. The molecule has 0 saturated carbocycles. The number of nitrogens with one attached hydrogen (secondary N) is 2. The van der Waals surface area contributed by atoms with E-state index < -0.39 is 21.4 Å². The second-order valence-corrected chi connectivity index (χ2v) is 11.6. The number of ether oxygens (including phenoxy) is 1. The first-order valence-electron chi connectivity index (χ1n) is 13.2. The molecule has 1 heterocycles. The normalized spacial score (nSPS) is 12.0. The molecule has 0 unspecified atom stereocenters. The van der Waals surface area contributed by atoms with Crippen LogP contribution in [0.2, 0.25) is 5.02 Å². The van der Waals surface area contributed by atoms with Crippen LogP contribution in [0.3, 0.4) is 0 Å². The van der Waals surface area contributed by atoms with Crippen LogP contribution in [0, 0.1) is 5.41 Å². The summed E-state index contributed by atoms with van der Waals surface area (Å²) < 4.78 is 32.7. The first kappa shape index (κ1) is 32.0. The SMILES string of the molecule is CCC(CC)(CC(=O)Nc1cccc(/C=C/c2cccc(COCCNS(=O)(=O)c3ccc(Cl)cc3)n2)c1)C(=O)O. The van der Waals surface area contributed by atoms with Gasteiger partial charge in [-0.15, -0.1) is 0 Å². The number of carbonyl (C=O) groups is 2. The summed E-state index contributed by atoms with van der Waals surface area (Å²) in [6.45, 7) is 4.03. The molecule has 0 spiro atoms. The molecule has 218 valence electrons.